The van der Waals surface area contributed by atoms with Crippen LogP contribution in [0.2, 0.25) is 0 Å². The third kappa shape index (κ3) is 3.21. The molecule has 3 rings (SSSR count). The topological polar surface area (TPSA) is 46.3 Å². The fourth-order valence-corrected chi connectivity index (χ4v) is 3.37. The Labute approximate surface area is 141 Å². The number of aryl methyl sites for hydroxylation is 3. The molecule has 1 aromatic heterocycles. The standard InChI is InChI=1S/C19H23FN2O2/c1-4-17-18(13(3)24-21-17)19(23)22-8-7-15(11-22)9-14-6-5-12(2)16(20)10-14/h5-6,10,15H,4,7-9,11H2,1-3H3. The molecule has 1 fully saturated rings. The summed E-state index contributed by atoms with van der Waals surface area (Å²) >= 11 is 0. The first-order chi connectivity index (χ1) is 11.5. The van der Waals surface area contributed by atoms with Gasteiger partial charge in [-0.25, -0.2) is 4.39 Å². The van der Waals surface area contributed by atoms with Gasteiger partial charge in [-0.05, 0) is 56.2 Å². The van der Waals surface area contributed by atoms with Gasteiger partial charge in [0.2, 0.25) is 0 Å². The molecule has 1 aromatic carbocycles. The predicted molar refractivity (Wildman–Crippen MR) is 89.5 cm³/mol. The van der Waals surface area contributed by atoms with Crippen LogP contribution in [0.25, 0.3) is 0 Å². The molecule has 1 aliphatic heterocycles. The number of likely N-dealkylation sites (tertiary alicyclic amines) is 1. The SMILES string of the molecule is CCc1noc(C)c1C(=O)N1CCC(Cc2ccc(C)c(F)c2)C1. The molecule has 0 bridgehead atoms. The number of benzene rings is 1. The van der Waals surface area contributed by atoms with Gasteiger partial charge < -0.3 is 9.42 Å². The summed E-state index contributed by atoms with van der Waals surface area (Å²) in [5.74, 6) is 0.788. The molecule has 1 atom stereocenters. The largest absolute Gasteiger partial charge is 0.361 e. The second-order valence-electron chi connectivity index (χ2n) is 6.61. The van der Waals surface area contributed by atoms with Crippen LogP contribution in [0.5, 0.6) is 0 Å². The molecule has 1 amide bonds. The zero-order valence-electron chi connectivity index (χ0n) is 14.4. The zero-order chi connectivity index (χ0) is 17.3. The van der Waals surface area contributed by atoms with E-state index >= 15 is 0 Å². The molecule has 0 aliphatic carbocycles. The van der Waals surface area contributed by atoms with Crippen LogP contribution in [0, 0.1) is 25.6 Å². The highest BCUT2D eigenvalue weighted by molar-refractivity contribution is 5.96. The Balaban J connectivity index is 1.67. The van der Waals surface area contributed by atoms with Crippen molar-refractivity contribution in [2.45, 2.75) is 40.0 Å². The summed E-state index contributed by atoms with van der Waals surface area (Å²) in [4.78, 5) is 14.6. The maximum atomic E-state index is 13.7. The van der Waals surface area contributed by atoms with Crippen molar-refractivity contribution in [3.63, 3.8) is 0 Å². The maximum Gasteiger partial charge on any atom is 0.259 e. The molecule has 5 heteroatoms. The molecule has 0 radical (unpaired) electrons. The highest BCUT2D eigenvalue weighted by Crippen LogP contribution is 2.25. The minimum absolute atomic E-state index is 0.00295. The van der Waals surface area contributed by atoms with E-state index in [4.69, 9.17) is 4.52 Å². The van der Waals surface area contributed by atoms with Gasteiger partial charge >= 0.3 is 0 Å². The Morgan fingerprint density at radius 1 is 1.42 bits per heavy atom. The summed E-state index contributed by atoms with van der Waals surface area (Å²) in [6.45, 7) is 6.93. The average molecular weight is 330 g/mol. The van der Waals surface area contributed by atoms with Gasteiger partial charge in [-0.3, -0.25) is 4.79 Å². The third-order valence-electron chi connectivity index (χ3n) is 4.82. The lowest BCUT2D eigenvalue weighted by molar-refractivity contribution is 0.0784. The summed E-state index contributed by atoms with van der Waals surface area (Å²) in [7, 11) is 0. The number of rotatable bonds is 4. The molecule has 2 aromatic rings. The monoisotopic (exact) mass is 330 g/mol. The molecule has 1 saturated heterocycles. The molecule has 0 saturated carbocycles. The minimum atomic E-state index is -0.161. The number of halogens is 1. The van der Waals surface area contributed by atoms with E-state index in [9.17, 15) is 9.18 Å². The van der Waals surface area contributed by atoms with Crippen molar-refractivity contribution in [2.75, 3.05) is 13.1 Å². The first kappa shape index (κ1) is 16.7. The van der Waals surface area contributed by atoms with Crippen molar-refractivity contribution in [2.24, 2.45) is 5.92 Å². The predicted octanol–water partition coefficient (Wildman–Crippen LogP) is 3.70. The zero-order valence-corrected chi connectivity index (χ0v) is 14.4. The normalized spacial score (nSPS) is 17.5. The number of hydrogen-bond donors (Lipinski definition) is 0. The maximum absolute atomic E-state index is 13.7. The molecule has 128 valence electrons. The van der Waals surface area contributed by atoms with Gasteiger partial charge in [0.25, 0.3) is 5.91 Å². The second kappa shape index (κ2) is 6.75. The summed E-state index contributed by atoms with van der Waals surface area (Å²) in [5.41, 5.74) is 2.99. The number of amides is 1. The summed E-state index contributed by atoms with van der Waals surface area (Å²) < 4.78 is 18.9. The molecule has 24 heavy (non-hydrogen) atoms. The first-order valence-corrected chi connectivity index (χ1v) is 8.49. The van der Waals surface area contributed by atoms with E-state index in [1.165, 1.54) is 0 Å². The summed E-state index contributed by atoms with van der Waals surface area (Å²) in [5, 5.41) is 3.97. The molecule has 1 unspecified atom stereocenters. The van der Waals surface area contributed by atoms with Crippen LogP contribution in [-0.2, 0) is 12.8 Å². The van der Waals surface area contributed by atoms with E-state index in [1.54, 1.807) is 19.9 Å². The van der Waals surface area contributed by atoms with Gasteiger partial charge in [-0.1, -0.05) is 24.2 Å². The van der Waals surface area contributed by atoms with Gasteiger partial charge in [0.05, 0.1) is 5.69 Å². The van der Waals surface area contributed by atoms with Crippen molar-refractivity contribution in [3.05, 3.63) is 52.2 Å². The van der Waals surface area contributed by atoms with E-state index in [-0.39, 0.29) is 11.7 Å². The van der Waals surface area contributed by atoms with Crippen LogP contribution in [0.15, 0.2) is 22.7 Å². The smallest absolute Gasteiger partial charge is 0.259 e. The van der Waals surface area contributed by atoms with E-state index in [0.29, 0.717) is 35.8 Å². The van der Waals surface area contributed by atoms with Crippen molar-refractivity contribution in [3.8, 4) is 0 Å². The average Bonchev–Trinajstić information content (AvgIpc) is 3.17. The molecule has 0 N–H and O–H groups in total. The van der Waals surface area contributed by atoms with Crippen LogP contribution >= 0.6 is 0 Å². The fourth-order valence-electron chi connectivity index (χ4n) is 3.37. The van der Waals surface area contributed by atoms with E-state index in [1.807, 2.05) is 24.0 Å². The Hall–Kier alpha value is -2.17. The molecular weight excluding hydrogens is 307 g/mol. The second-order valence-corrected chi connectivity index (χ2v) is 6.61. The van der Waals surface area contributed by atoms with Crippen LogP contribution < -0.4 is 0 Å². The Morgan fingerprint density at radius 2 is 2.21 bits per heavy atom. The van der Waals surface area contributed by atoms with Crippen LogP contribution in [0.1, 0.15) is 46.3 Å². The quantitative estimate of drug-likeness (QED) is 0.859. The molecule has 4 nitrogen and oxygen atoms in total. The van der Waals surface area contributed by atoms with Crippen molar-refractivity contribution in [1.29, 1.82) is 0 Å². The highest BCUT2D eigenvalue weighted by atomic mass is 19.1. The van der Waals surface area contributed by atoms with Crippen molar-refractivity contribution < 1.29 is 13.7 Å². The van der Waals surface area contributed by atoms with E-state index < -0.39 is 0 Å². The lowest BCUT2D eigenvalue weighted by Gasteiger charge is -2.16. The van der Waals surface area contributed by atoms with E-state index in [0.717, 1.165) is 30.6 Å². The van der Waals surface area contributed by atoms with Gasteiger partial charge in [0.15, 0.2) is 0 Å². The molecule has 2 heterocycles. The Bertz CT molecular complexity index is 754. The number of aromatic nitrogens is 1. The van der Waals surface area contributed by atoms with Crippen LogP contribution in [-0.4, -0.2) is 29.1 Å². The molecule has 1 aliphatic rings. The fraction of sp³-hybridized carbons (Fsp3) is 0.474. The third-order valence-corrected chi connectivity index (χ3v) is 4.82. The van der Waals surface area contributed by atoms with Gasteiger partial charge in [0, 0.05) is 13.1 Å². The summed E-state index contributed by atoms with van der Waals surface area (Å²) in [6.07, 6.45) is 2.41. The van der Waals surface area contributed by atoms with Crippen LogP contribution in [0.4, 0.5) is 4.39 Å². The number of nitrogens with zero attached hydrogens (tertiary/aromatic N) is 2. The van der Waals surface area contributed by atoms with Gasteiger partial charge in [-0.2, -0.15) is 0 Å². The van der Waals surface area contributed by atoms with Crippen LogP contribution in [0.3, 0.4) is 0 Å². The Kier molecular flexibility index (Phi) is 4.69. The van der Waals surface area contributed by atoms with E-state index in [2.05, 4.69) is 5.16 Å². The summed E-state index contributed by atoms with van der Waals surface area (Å²) in [6, 6.07) is 5.40. The Morgan fingerprint density at radius 3 is 2.92 bits per heavy atom. The lowest BCUT2D eigenvalue weighted by atomic mass is 9.98. The van der Waals surface area contributed by atoms with Crippen molar-refractivity contribution in [1.82, 2.24) is 10.1 Å². The van der Waals surface area contributed by atoms with Gasteiger partial charge in [0.1, 0.15) is 17.1 Å². The number of carbonyl (C=O) groups excluding carboxylic acids is 1. The first-order valence-electron chi connectivity index (χ1n) is 8.49. The lowest BCUT2D eigenvalue weighted by Crippen LogP contribution is -2.30. The number of hydrogen-bond acceptors (Lipinski definition) is 3. The highest BCUT2D eigenvalue weighted by Gasteiger charge is 2.30. The molecular formula is C19H23FN2O2. The minimum Gasteiger partial charge on any atom is -0.361 e. The molecule has 0 spiro atoms. The number of carbonyl (C=O) groups is 1. The van der Waals surface area contributed by atoms with Gasteiger partial charge in [-0.15, -0.1) is 0 Å². The van der Waals surface area contributed by atoms with Crippen molar-refractivity contribution >= 4 is 5.91 Å².